The number of hydrogen-bond donors (Lipinski definition) is 2. The van der Waals surface area contributed by atoms with Crippen LogP contribution in [0.1, 0.15) is 25.6 Å². The van der Waals surface area contributed by atoms with Gasteiger partial charge in [0.25, 0.3) is 0 Å². The first-order valence-electron chi connectivity index (χ1n) is 7.06. The lowest BCUT2D eigenvalue weighted by Crippen LogP contribution is -2.45. The Balaban J connectivity index is 1.94. The molecule has 0 aromatic carbocycles. The molecule has 0 aliphatic carbocycles. The second kappa shape index (κ2) is 7.59. The number of carbonyl (C=O) groups excluding carboxylic acids is 1. The van der Waals surface area contributed by atoms with E-state index >= 15 is 0 Å². The molecule has 0 saturated carbocycles. The second-order valence-electron chi connectivity index (χ2n) is 5.19. The van der Waals surface area contributed by atoms with Crippen molar-refractivity contribution in [1.82, 2.24) is 15.5 Å². The third kappa shape index (κ3) is 4.45. The van der Waals surface area contributed by atoms with Crippen LogP contribution >= 0.6 is 11.8 Å². The Bertz CT molecular complexity index is 403. The highest BCUT2D eigenvalue weighted by atomic mass is 32.2. The highest BCUT2D eigenvalue weighted by molar-refractivity contribution is 7.99. The summed E-state index contributed by atoms with van der Waals surface area (Å²) in [6, 6.07) is 4.01. The van der Waals surface area contributed by atoms with E-state index in [2.05, 4.69) is 15.5 Å². The van der Waals surface area contributed by atoms with Gasteiger partial charge >= 0.3 is 6.03 Å². The van der Waals surface area contributed by atoms with Crippen LogP contribution < -0.4 is 10.6 Å². The first-order valence-corrected chi connectivity index (χ1v) is 8.22. The molecule has 1 aromatic rings. The molecule has 6 heteroatoms. The minimum Gasteiger partial charge on any atom is -0.468 e. The predicted molar refractivity (Wildman–Crippen MR) is 82.0 cm³/mol. The van der Waals surface area contributed by atoms with Gasteiger partial charge in [-0.2, -0.15) is 11.8 Å². The fourth-order valence-corrected chi connectivity index (χ4v) is 3.21. The standard InChI is InChI=1S/C14H23N3O2S/c1-11(2)16-14(18)15-10-12(13-4-3-7-19-13)17-5-8-20-9-6-17/h3-4,7,11-12H,5-6,8-10H2,1-2H3,(H2,15,16,18). The van der Waals surface area contributed by atoms with Gasteiger partial charge in [-0.05, 0) is 26.0 Å². The largest absolute Gasteiger partial charge is 0.468 e. The van der Waals surface area contributed by atoms with E-state index in [0.717, 1.165) is 30.4 Å². The van der Waals surface area contributed by atoms with E-state index in [4.69, 9.17) is 4.42 Å². The summed E-state index contributed by atoms with van der Waals surface area (Å²) in [7, 11) is 0. The number of urea groups is 1. The van der Waals surface area contributed by atoms with Crippen molar-refractivity contribution in [3.8, 4) is 0 Å². The first-order chi connectivity index (χ1) is 9.66. The zero-order chi connectivity index (χ0) is 14.4. The van der Waals surface area contributed by atoms with Gasteiger partial charge in [0, 0.05) is 37.2 Å². The van der Waals surface area contributed by atoms with E-state index in [1.165, 1.54) is 0 Å². The van der Waals surface area contributed by atoms with Crippen molar-refractivity contribution < 1.29 is 9.21 Å². The van der Waals surface area contributed by atoms with Crippen molar-refractivity contribution in [1.29, 1.82) is 0 Å². The minimum absolute atomic E-state index is 0.115. The Morgan fingerprint density at radius 1 is 1.45 bits per heavy atom. The monoisotopic (exact) mass is 297 g/mol. The Morgan fingerprint density at radius 2 is 2.20 bits per heavy atom. The normalized spacial score (nSPS) is 17.9. The maximum atomic E-state index is 11.7. The van der Waals surface area contributed by atoms with E-state index in [0.29, 0.717) is 6.54 Å². The van der Waals surface area contributed by atoms with Crippen LogP contribution in [0.2, 0.25) is 0 Å². The zero-order valence-electron chi connectivity index (χ0n) is 12.1. The predicted octanol–water partition coefficient (Wildman–Crippen LogP) is 2.08. The van der Waals surface area contributed by atoms with Crippen LogP contribution in [-0.4, -0.2) is 48.1 Å². The Kier molecular flexibility index (Phi) is 5.79. The second-order valence-corrected chi connectivity index (χ2v) is 6.41. The molecular weight excluding hydrogens is 274 g/mol. The van der Waals surface area contributed by atoms with Gasteiger partial charge in [0.2, 0.25) is 0 Å². The van der Waals surface area contributed by atoms with Gasteiger partial charge in [0.1, 0.15) is 5.76 Å². The molecule has 0 radical (unpaired) electrons. The first kappa shape index (κ1) is 15.3. The number of furan rings is 1. The lowest BCUT2D eigenvalue weighted by Gasteiger charge is -2.33. The van der Waals surface area contributed by atoms with Crippen molar-refractivity contribution in [2.24, 2.45) is 0 Å². The average Bonchev–Trinajstić information content (AvgIpc) is 2.93. The number of nitrogens with one attached hydrogen (secondary N) is 2. The number of nitrogens with zero attached hydrogens (tertiary/aromatic N) is 1. The van der Waals surface area contributed by atoms with Crippen molar-refractivity contribution in [2.45, 2.75) is 25.9 Å². The van der Waals surface area contributed by atoms with Crippen LogP contribution in [0.4, 0.5) is 4.79 Å². The summed E-state index contributed by atoms with van der Waals surface area (Å²) in [5.74, 6) is 3.19. The molecule has 1 fully saturated rings. The van der Waals surface area contributed by atoms with Crippen molar-refractivity contribution in [3.05, 3.63) is 24.2 Å². The van der Waals surface area contributed by atoms with Crippen molar-refractivity contribution >= 4 is 17.8 Å². The van der Waals surface area contributed by atoms with Crippen molar-refractivity contribution in [3.63, 3.8) is 0 Å². The average molecular weight is 297 g/mol. The van der Waals surface area contributed by atoms with Crippen LogP contribution in [0, 0.1) is 0 Å². The SMILES string of the molecule is CC(C)NC(=O)NCC(c1ccco1)N1CCSCC1. The summed E-state index contributed by atoms with van der Waals surface area (Å²) in [6.07, 6.45) is 1.69. The molecule has 1 unspecified atom stereocenters. The van der Waals surface area contributed by atoms with Gasteiger partial charge in [-0.15, -0.1) is 0 Å². The van der Waals surface area contributed by atoms with Crippen molar-refractivity contribution in [2.75, 3.05) is 31.1 Å². The van der Waals surface area contributed by atoms with Gasteiger partial charge in [0.15, 0.2) is 0 Å². The van der Waals surface area contributed by atoms with Gasteiger partial charge < -0.3 is 15.1 Å². The minimum atomic E-state index is -0.122. The highest BCUT2D eigenvalue weighted by Crippen LogP contribution is 2.24. The van der Waals surface area contributed by atoms with E-state index in [-0.39, 0.29) is 18.1 Å². The van der Waals surface area contributed by atoms with Gasteiger partial charge in [-0.3, -0.25) is 4.90 Å². The summed E-state index contributed by atoms with van der Waals surface area (Å²) in [6.45, 7) is 6.53. The number of rotatable bonds is 5. The Hall–Kier alpha value is -1.14. The molecule has 0 spiro atoms. The number of hydrogen-bond acceptors (Lipinski definition) is 4. The van der Waals surface area contributed by atoms with Crippen LogP contribution in [0.3, 0.4) is 0 Å². The van der Waals surface area contributed by atoms with Gasteiger partial charge in [0.05, 0.1) is 12.3 Å². The quantitative estimate of drug-likeness (QED) is 0.873. The molecule has 2 heterocycles. The van der Waals surface area contributed by atoms with Gasteiger partial charge in [-0.1, -0.05) is 0 Å². The molecule has 2 amide bonds. The number of carbonyl (C=O) groups is 1. The Labute approximate surface area is 124 Å². The summed E-state index contributed by atoms with van der Waals surface area (Å²) in [5.41, 5.74) is 0. The van der Waals surface area contributed by atoms with E-state index < -0.39 is 0 Å². The summed E-state index contributed by atoms with van der Waals surface area (Å²) >= 11 is 1.97. The molecule has 5 nitrogen and oxygen atoms in total. The highest BCUT2D eigenvalue weighted by Gasteiger charge is 2.25. The fourth-order valence-electron chi connectivity index (χ4n) is 2.28. The summed E-state index contributed by atoms with van der Waals surface area (Å²) in [5, 5.41) is 5.78. The third-order valence-electron chi connectivity index (χ3n) is 3.23. The molecule has 0 bridgehead atoms. The van der Waals surface area contributed by atoms with Crippen LogP contribution in [-0.2, 0) is 0 Å². The molecule has 112 valence electrons. The van der Waals surface area contributed by atoms with E-state index in [1.807, 2.05) is 37.7 Å². The van der Waals surface area contributed by atoms with Crippen LogP contribution in [0.15, 0.2) is 22.8 Å². The topological polar surface area (TPSA) is 57.5 Å². The van der Waals surface area contributed by atoms with E-state index in [1.54, 1.807) is 6.26 Å². The Morgan fingerprint density at radius 3 is 2.80 bits per heavy atom. The molecular formula is C14H23N3O2S. The lowest BCUT2D eigenvalue weighted by molar-refractivity contribution is 0.185. The summed E-state index contributed by atoms with van der Waals surface area (Å²) < 4.78 is 5.54. The fraction of sp³-hybridized carbons (Fsp3) is 0.643. The molecule has 1 aliphatic rings. The summed E-state index contributed by atoms with van der Waals surface area (Å²) in [4.78, 5) is 14.1. The molecule has 1 aromatic heterocycles. The molecule has 1 atom stereocenters. The van der Waals surface area contributed by atoms with E-state index in [9.17, 15) is 4.79 Å². The number of thioether (sulfide) groups is 1. The maximum Gasteiger partial charge on any atom is 0.315 e. The van der Waals surface area contributed by atoms with Crippen LogP contribution in [0.5, 0.6) is 0 Å². The smallest absolute Gasteiger partial charge is 0.315 e. The van der Waals surface area contributed by atoms with Crippen LogP contribution in [0.25, 0.3) is 0 Å². The third-order valence-corrected chi connectivity index (χ3v) is 4.18. The molecule has 1 aliphatic heterocycles. The zero-order valence-corrected chi connectivity index (χ0v) is 12.9. The molecule has 20 heavy (non-hydrogen) atoms. The molecule has 2 rings (SSSR count). The molecule has 2 N–H and O–H groups in total. The lowest BCUT2D eigenvalue weighted by atomic mass is 10.2. The molecule has 1 saturated heterocycles. The van der Waals surface area contributed by atoms with Gasteiger partial charge in [-0.25, -0.2) is 4.79 Å². The number of amides is 2. The maximum absolute atomic E-state index is 11.7.